The van der Waals surface area contributed by atoms with Crippen molar-refractivity contribution < 1.29 is 4.79 Å². The number of carbonyl (C=O) groups excluding carboxylic acids is 1. The highest BCUT2D eigenvalue weighted by Gasteiger charge is 2.44. The Bertz CT molecular complexity index is 486. The molecule has 2 rings (SSSR count). The van der Waals surface area contributed by atoms with E-state index in [0.717, 1.165) is 42.1 Å². The van der Waals surface area contributed by atoms with Gasteiger partial charge in [-0.15, -0.1) is 0 Å². The van der Waals surface area contributed by atoms with Gasteiger partial charge >= 0.3 is 0 Å². The first-order chi connectivity index (χ1) is 8.92. The van der Waals surface area contributed by atoms with Crippen molar-refractivity contribution >= 4 is 23.2 Å². The van der Waals surface area contributed by atoms with E-state index in [2.05, 4.69) is 4.90 Å². The smallest absolute Gasteiger partial charge is 0.217 e. The first-order valence-electron chi connectivity index (χ1n) is 6.53. The summed E-state index contributed by atoms with van der Waals surface area (Å²) in [7, 11) is 0. The van der Waals surface area contributed by atoms with Gasteiger partial charge in [0.05, 0.1) is 5.66 Å². The van der Waals surface area contributed by atoms with Gasteiger partial charge in [-0.2, -0.15) is 0 Å². The second-order valence-corrected chi connectivity index (χ2v) is 5.67. The highest BCUT2D eigenvalue weighted by molar-refractivity contribution is 6.31. The average Bonchev–Trinajstić information content (AvgIpc) is 3.07. The number of benzene rings is 1. The van der Waals surface area contributed by atoms with Gasteiger partial charge in [-0.25, -0.2) is 0 Å². The fourth-order valence-electron chi connectivity index (χ4n) is 2.22. The average molecular weight is 282 g/mol. The monoisotopic (exact) mass is 281 g/mol. The predicted molar refractivity (Wildman–Crippen MR) is 78.1 cm³/mol. The molecule has 1 aliphatic carbocycles. The van der Waals surface area contributed by atoms with E-state index in [1.807, 2.05) is 25.1 Å². The largest absolute Gasteiger partial charge is 0.370 e. The molecule has 0 bridgehead atoms. The SMILES string of the molecule is Cc1cc(N(CCCC(N)=O)C2(N)CC2)ccc1Cl. The van der Waals surface area contributed by atoms with Crippen molar-refractivity contribution in [1.82, 2.24) is 0 Å². The second kappa shape index (κ2) is 5.39. The van der Waals surface area contributed by atoms with Crippen molar-refractivity contribution in [1.29, 1.82) is 0 Å². The lowest BCUT2D eigenvalue weighted by atomic mass is 10.1. The molecule has 0 spiro atoms. The van der Waals surface area contributed by atoms with Crippen LogP contribution in [0.25, 0.3) is 0 Å². The van der Waals surface area contributed by atoms with Crippen molar-refractivity contribution in [3.8, 4) is 0 Å². The Labute approximate surface area is 118 Å². The molecule has 0 aliphatic heterocycles. The Morgan fingerprint density at radius 3 is 2.68 bits per heavy atom. The number of anilines is 1. The molecule has 0 radical (unpaired) electrons. The van der Waals surface area contributed by atoms with E-state index in [4.69, 9.17) is 23.1 Å². The number of hydrogen-bond acceptors (Lipinski definition) is 3. The van der Waals surface area contributed by atoms with Gasteiger partial charge < -0.3 is 16.4 Å². The van der Waals surface area contributed by atoms with E-state index >= 15 is 0 Å². The summed E-state index contributed by atoms with van der Waals surface area (Å²) >= 11 is 6.05. The van der Waals surface area contributed by atoms with Crippen LogP contribution in [0.2, 0.25) is 5.02 Å². The molecule has 4 nitrogen and oxygen atoms in total. The number of aryl methyl sites for hydroxylation is 1. The number of hydrogen-bond donors (Lipinski definition) is 2. The normalized spacial score (nSPS) is 16.2. The van der Waals surface area contributed by atoms with Crippen LogP contribution in [-0.4, -0.2) is 18.1 Å². The fourth-order valence-corrected chi connectivity index (χ4v) is 2.33. The molecule has 1 amide bonds. The fraction of sp³-hybridized carbons (Fsp3) is 0.500. The third-order valence-electron chi connectivity index (χ3n) is 3.56. The zero-order valence-electron chi connectivity index (χ0n) is 11.2. The Kier molecular flexibility index (Phi) is 4.02. The number of nitrogens with zero attached hydrogens (tertiary/aromatic N) is 1. The highest BCUT2D eigenvalue weighted by Crippen LogP contribution is 2.40. The first-order valence-corrected chi connectivity index (χ1v) is 6.91. The summed E-state index contributed by atoms with van der Waals surface area (Å²) in [5.74, 6) is -0.269. The highest BCUT2D eigenvalue weighted by atomic mass is 35.5. The molecule has 19 heavy (non-hydrogen) atoms. The zero-order chi connectivity index (χ0) is 14.0. The van der Waals surface area contributed by atoms with E-state index in [1.54, 1.807) is 0 Å². The Balaban J connectivity index is 2.13. The summed E-state index contributed by atoms with van der Waals surface area (Å²) in [6.45, 7) is 2.71. The molecule has 0 heterocycles. The molecular weight excluding hydrogens is 262 g/mol. The number of carbonyl (C=O) groups is 1. The van der Waals surface area contributed by atoms with Crippen molar-refractivity contribution in [2.45, 2.75) is 38.3 Å². The summed E-state index contributed by atoms with van der Waals surface area (Å²) in [4.78, 5) is 13.0. The van der Waals surface area contributed by atoms with Crippen LogP contribution in [0.4, 0.5) is 5.69 Å². The molecule has 0 atom stereocenters. The van der Waals surface area contributed by atoms with E-state index in [0.29, 0.717) is 6.42 Å². The van der Waals surface area contributed by atoms with Crippen molar-refractivity contribution in [2.24, 2.45) is 11.5 Å². The molecule has 1 fully saturated rings. The van der Waals surface area contributed by atoms with E-state index in [1.165, 1.54) is 0 Å². The summed E-state index contributed by atoms with van der Waals surface area (Å²) in [6.07, 6.45) is 3.06. The first kappa shape index (κ1) is 14.2. The second-order valence-electron chi connectivity index (χ2n) is 5.26. The van der Waals surface area contributed by atoms with Crippen LogP contribution in [0.1, 0.15) is 31.2 Å². The molecule has 4 N–H and O–H groups in total. The van der Waals surface area contributed by atoms with Gasteiger partial charge in [0.15, 0.2) is 0 Å². The summed E-state index contributed by atoms with van der Waals surface area (Å²) in [5, 5.41) is 0.753. The van der Waals surface area contributed by atoms with Gasteiger partial charge in [0.25, 0.3) is 0 Å². The molecule has 0 unspecified atom stereocenters. The van der Waals surface area contributed by atoms with Crippen LogP contribution >= 0.6 is 11.6 Å². The van der Waals surface area contributed by atoms with Crippen LogP contribution in [0.3, 0.4) is 0 Å². The van der Waals surface area contributed by atoms with Crippen molar-refractivity contribution in [3.05, 3.63) is 28.8 Å². The Morgan fingerprint density at radius 2 is 2.16 bits per heavy atom. The standard InChI is InChI=1S/C14H20ClN3O/c1-10-9-11(4-5-12(10)15)18(14(17)6-7-14)8-2-3-13(16)19/h4-5,9H,2-3,6-8,17H2,1H3,(H2,16,19). The summed E-state index contributed by atoms with van der Waals surface area (Å²) < 4.78 is 0. The maximum atomic E-state index is 10.8. The lowest BCUT2D eigenvalue weighted by molar-refractivity contribution is -0.118. The summed E-state index contributed by atoms with van der Waals surface area (Å²) in [5.41, 5.74) is 13.3. The predicted octanol–water partition coefficient (Wildman–Crippen LogP) is 2.17. The number of nitrogens with two attached hydrogens (primary N) is 2. The van der Waals surface area contributed by atoms with Crippen LogP contribution in [0, 0.1) is 6.92 Å². The Morgan fingerprint density at radius 1 is 1.47 bits per heavy atom. The molecular formula is C14H20ClN3O. The molecule has 104 valence electrons. The minimum absolute atomic E-state index is 0.266. The van der Waals surface area contributed by atoms with Gasteiger partial charge in [-0.3, -0.25) is 4.79 Å². The van der Waals surface area contributed by atoms with Crippen molar-refractivity contribution in [2.75, 3.05) is 11.4 Å². The van der Waals surface area contributed by atoms with Crippen LogP contribution in [0.5, 0.6) is 0 Å². The third kappa shape index (κ3) is 3.39. The van der Waals surface area contributed by atoms with Crippen LogP contribution in [0.15, 0.2) is 18.2 Å². The van der Waals surface area contributed by atoms with E-state index in [-0.39, 0.29) is 11.6 Å². The quantitative estimate of drug-likeness (QED) is 0.785. The molecule has 1 aliphatic rings. The van der Waals surface area contributed by atoms with Gasteiger partial charge in [0.2, 0.25) is 5.91 Å². The number of amides is 1. The zero-order valence-corrected chi connectivity index (χ0v) is 11.9. The maximum Gasteiger partial charge on any atom is 0.217 e. The van der Waals surface area contributed by atoms with Crippen LogP contribution < -0.4 is 16.4 Å². The molecule has 0 aromatic heterocycles. The Hall–Kier alpha value is -1.26. The minimum atomic E-state index is -0.269. The number of halogens is 1. The molecule has 0 saturated heterocycles. The maximum absolute atomic E-state index is 10.8. The van der Waals surface area contributed by atoms with Gasteiger partial charge in [0, 0.05) is 23.7 Å². The van der Waals surface area contributed by atoms with E-state index in [9.17, 15) is 4.79 Å². The number of rotatable bonds is 6. The summed E-state index contributed by atoms with van der Waals surface area (Å²) in [6, 6.07) is 5.91. The molecule has 1 saturated carbocycles. The van der Waals surface area contributed by atoms with Gasteiger partial charge in [0.1, 0.15) is 0 Å². The van der Waals surface area contributed by atoms with Gasteiger partial charge in [-0.1, -0.05) is 11.6 Å². The topological polar surface area (TPSA) is 72.3 Å². The molecule has 5 heteroatoms. The van der Waals surface area contributed by atoms with Crippen LogP contribution in [-0.2, 0) is 4.79 Å². The lowest BCUT2D eigenvalue weighted by Gasteiger charge is -2.31. The van der Waals surface area contributed by atoms with Gasteiger partial charge in [-0.05, 0) is 49.9 Å². The molecule has 1 aromatic carbocycles. The lowest BCUT2D eigenvalue weighted by Crippen LogP contribution is -2.45. The third-order valence-corrected chi connectivity index (χ3v) is 3.98. The van der Waals surface area contributed by atoms with Crippen molar-refractivity contribution in [3.63, 3.8) is 0 Å². The number of primary amides is 1. The van der Waals surface area contributed by atoms with E-state index < -0.39 is 0 Å². The molecule has 1 aromatic rings. The minimum Gasteiger partial charge on any atom is -0.370 e.